The fraction of sp³-hybridized carbons (Fsp3) is 0.455. The molecule has 0 amide bonds. The number of benzene rings is 1. The maximum Gasteiger partial charge on any atom is 0.210 e. The second-order valence-electron chi connectivity index (χ2n) is 4.33. The summed E-state index contributed by atoms with van der Waals surface area (Å²) in [5.41, 5.74) is 6.21. The number of rotatable bonds is 6. The summed E-state index contributed by atoms with van der Waals surface area (Å²) in [7, 11) is -3.55. The molecule has 6 nitrogen and oxygen atoms in total. The van der Waals surface area contributed by atoms with Gasteiger partial charge in [0.25, 0.3) is 0 Å². The van der Waals surface area contributed by atoms with Gasteiger partial charge in [0.1, 0.15) is 0 Å². The number of ether oxygens (including phenoxy) is 1. The van der Waals surface area contributed by atoms with Gasteiger partial charge in [-0.3, -0.25) is 0 Å². The zero-order chi connectivity index (χ0) is 14.6. The van der Waals surface area contributed by atoms with Gasteiger partial charge in [-0.25, -0.2) is 17.9 Å². The Morgan fingerprint density at radius 1 is 1.42 bits per heavy atom. The van der Waals surface area contributed by atoms with E-state index >= 15 is 0 Å². The number of hydrogen-bond donors (Lipinski definition) is 3. The molecule has 19 heavy (non-hydrogen) atoms. The van der Waals surface area contributed by atoms with E-state index < -0.39 is 15.8 Å². The van der Waals surface area contributed by atoms with Gasteiger partial charge in [0.05, 0.1) is 23.2 Å². The van der Waals surface area contributed by atoms with Crippen LogP contribution in [0.2, 0.25) is 0 Å². The Morgan fingerprint density at radius 2 is 2.05 bits per heavy atom. The lowest BCUT2D eigenvalue weighted by Crippen LogP contribution is -2.22. The summed E-state index contributed by atoms with van der Waals surface area (Å²) in [6.07, 6.45) is -0.185. The van der Waals surface area contributed by atoms with Gasteiger partial charge in [-0.2, -0.15) is 0 Å². The highest BCUT2D eigenvalue weighted by Crippen LogP contribution is 2.28. The second kappa shape index (κ2) is 6.07. The Balaban J connectivity index is 2.83. The van der Waals surface area contributed by atoms with Gasteiger partial charge in [-0.1, -0.05) is 0 Å². The maximum absolute atomic E-state index is 13.6. The van der Waals surface area contributed by atoms with Crippen molar-refractivity contribution in [3.63, 3.8) is 0 Å². The first kappa shape index (κ1) is 15.5. The molecule has 0 fully saturated rings. The summed E-state index contributed by atoms with van der Waals surface area (Å²) >= 11 is 0. The minimum Gasteiger partial charge on any atom is -0.488 e. The highest BCUT2D eigenvalue weighted by atomic mass is 32.2. The fourth-order valence-electron chi connectivity index (χ4n) is 1.39. The average molecular weight is 291 g/mol. The molecule has 0 aliphatic heterocycles. The quantitative estimate of drug-likeness (QED) is 0.675. The van der Waals surface area contributed by atoms with Gasteiger partial charge in [-0.15, -0.1) is 0 Å². The van der Waals surface area contributed by atoms with Crippen molar-refractivity contribution in [1.29, 1.82) is 0 Å². The summed E-state index contributed by atoms with van der Waals surface area (Å²) in [4.78, 5) is 0. The van der Waals surface area contributed by atoms with Crippen molar-refractivity contribution in [3.8, 4) is 5.75 Å². The van der Waals surface area contributed by atoms with Crippen molar-refractivity contribution < 1.29 is 17.5 Å². The Hall–Kier alpha value is -1.54. The molecule has 1 aromatic carbocycles. The van der Waals surface area contributed by atoms with Crippen LogP contribution in [-0.2, 0) is 10.0 Å². The molecule has 0 heterocycles. The molecule has 108 valence electrons. The molecule has 0 bridgehead atoms. The van der Waals surface area contributed by atoms with Crippen LogP contribution in [0.15, 0.2) is 12.1 Å². The zero-order valence-corrected chi connectivity index (χ0v) is 11.6. The molecule has 0 aliphatic rings. The van der Waals surface area contributed by atoms with Gasteiger partial charge < -0.3 is 15.8 Å². The van der Waals surface area contributed by atoms with Crippen LogP contribution in [0.3, 0.4) is 0 Å². The average Bonchev–Trinajstić information content (AvgIpc) is 2.22. The molecule has 0 aliphatic carbocycles. The van der Waals surface area contributed by atoms with Crippen LogP contribution in [-0.4, -0.2) is 26.8 Å². The second-order valence-corrected chi connectivity index (χ2v) is 6.06. The predicted octanol–water partition coefficient (Wildman–Crippen LogP) is 0.896. The predicted molar refractivity (Wildman–Crippen MR) is 73.0 cm³/mol. The number of hydrogen-bond acceptors (Lipinski definition) is 5. The van der Waals surface area contributed by atoms with Crippen molar-refractivity contribution in [2.45, 2.75) is 20.0 Å². The Bertz CT molecular complexity index is 546. The van der Waals surface area contributed by atoms with Crippen LogP contribution >= 0.6 is 0 Å². The Morgan fingerprint density at radius 3 is 2.58 bits per heavy atom. The Kier molecular flexibility index (Phi) is 4.96. The van der Waals surface area contributed by atoms with Crippen molar-refractivity contribution in [2.75, 3.05) is 23.3 Å². The molecule has 0 saturated heterocycles. The molecule has 5 N–H and O–H groups in total. The van der Waals surface area contributed by atoms with E-state index in [0.717, 1.165) is 6.07 Å². The largest absolute Gasteiger partial charge is 0.488 e. The van der Waals surface area contributed by atoms with Crippen LogP contribution in [0.4, 0.5) is 15.8 Å². The molecular weight excluding hydrogens is 273 g/mol. The molecule has 0 saturated carbocycles. The molecule has 8 heteroatoms. The molecule has 0 aromatic heterocycles. The van der Waals surface area contributed by atoms with E-state index in [1.165, 1.54) is 6.07 Å². The van der Waals surface area contributed by atoms with E-state index in [1.807, 2.05) is 0 Å². The van der Waals surface area contributed by atoms with Crippen LogP contribution in [0.5, 0.6) is 5.75 Å². The van der Waals surface area contributed by atoms with Crippen molar-refractivity contribution in [2.24, 2.45) is 5.14 Å². The standard InChI is InChI=1S/C11H18FN3O3S/c1-7(2)18-11-6-10(9(13)5-8(11)12)15-3-4-19(14,16)17/h5-7,15H,3-4,13H2,1-2H3,(H2,14,16,17). The third-order valence-corrected chi connectivity index (χ3v) is 2.94. The van der Waals surface area contributed by atoms with Crippen LogP contribution in [0, 0.1) is 5.82 Å². The first-order valence-electron chi connectivity index (χ1n) is 5.69. The number of nitrogens with one attached hydrogen (secondary N) is 1. The normalized spacial score (nSPS) is 11.6. The lowest BCUT2D eigenvalue weighted by atomic mass is 10.2. The molecule has 0 unspecified atom stereocenters. The highest BCUT2D eigenvalue weighted by molar-refractivity contribution is 7.89. The summed E-state index contributed by atoms with van der Waals surface area (Å²) in [5.74, 6) is -0.755. The van der Waals surface area contributed by atoms with E-state index in [-0.39, 0.29) is 29.8 Å². The SMILES string of the molecule is CC(C)Oc1cc(NCCS(N)(=O)=O)c(N)cc1F. The number of nitrogen functional groups attached to an aromatic ring is 1. The van der Waals surface area contributed by atoms with Gasteiger partial charge in [0.2, 0.25) is 10.0 Å². The molecule has 1 aromatic rings. The highest BCUT2D eigenvalue weighted by Gasteiger charge is 2.11. The number of anilines is 2. The van der Waals surface area contributed by atoms with Crippen molar-refractivity contribution in [3.05, 3.63) is 17.9 Å². The zero-order valence-electron chi connectivity index (χ0n) is 10.8. The van der Waals surface area contributed by atoms with Gasteiger partial charge in [0.15, 0.2) is 11.6 Å². The van der Waals surface area contributed by atoms with Crippen LogP contribution in [0.25, 0.3) is 0 Å². The molecule has 0 spiro atoms. The topological polar surface area (TPSA) is 107 Å². The van der Waals surface area contributed by atoms with Gasteiger partial charge >= 0.3 is 0 Å². The van der Waals surface area contributed by atoms with Crippen LogP contribution < -0.4 is 20.9 Å². The minimum atomic E-state index is -3.55. The van der Waals surface area contributed by atoms with E-state index in [4.69, 9.17) is 15.6 Å². The lowest BCUT2D eigenvalue weighted by Gasteiger charge is -2.14. The first-order valence-corrected chi connectivity index (χ1v) is 7.40. The molecular formula is C11H18FN3O3S. The fourth-order valence-corrected chi connectivity index (χ4v) is 1.78. The van der Waals surface area contributed by atoms with Crippen molar-refractivity contribution >= 4 is 21.4 Å². The monoisotopic (exact) mass is 291 g/mol. The number of nitrogens with two attached hydrogens (primary N) is 2. The minimum absolute atomic E-state index is 0.0577. The third kappa shape index (κ3) is 5.31. The van der Waals surface area contributed by atoms with Crippen LogP contribution in [0.1, 0.15) is 13.8 Å². The van der Waals surface area contributed by atoms with Gasteiger partial charge in [0, 0.05) is 18.7 Å². The summed E-state index contributed by atoms with van der Waals surface area (Å²) in [5, 5.41) is 7.65. The van der Waals surface area contributed by atoms with E-state index in [2.05, 4.69) is 5.32 Å². The molecule has 0 radical (unpaired) electrons. The third-order valence-electron chi connectivity index (χ3n) is 2.17. The smallest absolute Gasteiger partial charge is 0.210 e. The van der Waals surface area contributed by atoms with Crippen molar-refractivity contribution in [1.82, 2.24) is 0 Å². The van der Waals surface area contributed by atoms with E-state index in [9.17, 15) is 12.8 Å². The number of sulfonamides is 1. The maximum atomic E-state index is 13.6. The molecule has 1 rings (SSSR count). The lowest BCUT2D eigenvalue weighted by molar-refractivity contribution is 0.231. The Labute approximate surface area is 112 Å². The van der Waals surface area contributed by atoms with E-state index in [0.29, 0.717) is 5.69 Å². The number of primary sulfonamides is 1. The van der Waals surface area contributed by atoms with Gasteiger partial charge in [-0.05, 0) is 13.8 Å². The summed E-state index contributed by atoms with van der Waals surface area (Å²) < 4.78 is 40.4. The number of halogens is 1. The molecule has 0 atom stereocenters. The summed E-state index contributed by atoms with van der Waals surface area (Å²) in [6, 6.07) is 2.52. The first-order chi connectivity index (χ1) is 8.69. The summed E-state index contributed by atoms with van der Waals surface area (Å²) in [6.45, 7) is 3.61. The van der Waals surface area contributed by atoms with E-state index in [1.54, 1.807) is 13.8 Å².